The second kappa shape index (κ2) is 3.79. The molecule has 1 rings (SSSR count). The van der Waals surface area contributed by atoms with Crippen molar-refractivity contribution < 1.29 is 19.8 Å². The Kier molecular flexibility index (Phi) is 2.97. The monoisotopic (exact) mass is 352 g/mol. The summed E-state index contributed by atoms with van der Waals surface area (Å²) in [5, 5.41) is 0. The van der Waals surface area contributed by atoms with E-state index in [0.29, 0.717) is 0 Å². The molecule has 0 amide bonds. The quantitative estimate of drug-likeness (QED) is 0.412. The molecule has 2 radical (unpaired) electrons. The molecule has 0 unspecified atom stereocenters. The predicted octanol–water partition coefficient (Wildman–Crippen LogP) is -1.03. The first-order chi connectivity index (χ1) is 5.20. The van der Waals surface area contributed by atoms with Crippen LogP contribution in [0, 0.1) is 0 Å². The molecule has 6 heteroatoms. The Labute approximate surface area is 75.6 Å². The van der Waals surface area contributed by atoms with Crippen LogP contribution in [0.25, 0.3) is 0 Å². The van der Waals surface area contributed by atoms with Gasteiger partial charge in [-0.15, -0.1) is 0 Å². The van der Waals surface area contributed by atoms with Crippen LogP contribution in [0.2, 0.25) is 0 Å². The van der Waals surface area contributed by atoms with Crippen molar-refractivity contribution in [3.8, 4) is 0 Å². The topological polar surface area (TPSA) is 69.7 Å². The normalized spacial score (nSPS) is 19.8. The first kappa shape index (κ1) is 8.63. The summed E-state index contributed by atoms with van der Waals surface area (Å²) in [6.07, 6.45) is -0.0953. The molecule has 1 heterocycles. The van der Waals surface area contributed by atoms with E-state index in [1.54, 1.807) is 0 Å². The van der Waals surface area contributed by atoms with Crippen molar-refractivity contribution in [1.82, 2.24) is 0 Å². The number of rotatable bonds is 0. The summed E-state index contributed by atoms with van der Waals surface area (Å²) in [6.45, 7) is 0. The Balaban J connectivity index is 2.54. The summed E-state index contributed by atoms with van der Waals surface area (Å²) >= 11 is -2.05. The van der Waals surface area contributed by atoms with Gasteiger partial charge in [-0.05, 0) is 0 Å². The van der Waals surface area contributed by atoms with E-state index in [1.165, 1.54) is 0 Å². The fourth-order valence-corrected chi connectivity index (χ4v) is 2.19. The molecule has 1 aliphatic rings. The van der Waals surface area contributed by atoms with Gasteiger partial charge in [-0.3, -0.25) is 0 Å². The van der Waals surface area contributed by atoms with Gasteiger partial charge in [0.05, 0.1) is 0 Å². The van der Waals surface area contributed by atoms with Gasteiger partial charge in [0.15, 0.2) is 0 Å². The van der Waals surface area contributed by atoms with Gasteiger partial charge in [0.2, 0.25) is 0 Å². The number of carbonyl (C=O) groups is 3. The molecule has 0 aromatic heterocycles. The number of ketones is 1. The SMILES string of the molecule is O=C1CCC(=O)C(=O)[O][Pb][O]1. The Morgan fingerprint density at radius 1 is 1.09 bits per heavy atom. The van der Waals surface area contributed by atoms with Crippen molar-refractivity contribution >= 4 is 42.9 Å². The Bertz CT molecular complexity index is 211. The molecule has 5 nitrogen and oxygen atoms in total. The van der Waals surface area contributed by atoms with Crippen molar-refractivity contribution in [2.24, 2.45) is 0 Å². The summed E-state index contributed by atoms with van der Waals surface area (Å²) in [4.78, 5) is 31.8. The van der Waals surface area contributed by atoms with Gasteiger partial charge < -0.3 is 0 Å². The molecule has 58 valence electrons. The van der Waals surface area contributed by atoms with Gasteiger partial charge in [0, 0.05) is 0 Å². The van der Waals surface area contributed by atoms with E-state index in [2.05, 4.69) is 5.37 Å². The molecular weight excluding hydrogens is 347 g/mol. The van der Waals surface area contributed by atoms with E-state index < -0.39 is 42.9 Å². The van der Waals surface area contributed by atoms with Crippen LogP contribution in [0.5, 0.6) is 0 Å². The summed E-state index contributed by atoms with van der Waals surface area (Å²) in [7, 11) is 0. The van der Waals surface area contributed by atoms with Crippen molar-refractivity contribution in [3.63, 3.8) is 0 Å². The molecule has 0 N–H and O–H groups in total. The summed E-state index contributed by atoms with van der Waals surface area (Å²) in [5.74, 6) is -1.91. The zero-order valence-electron chi connectivity index (χ0n) is 5.46. The molecule has 1 fully saturated rings. The van der Waals surface area contributed by atoms with Crippen LogP contribution < -0.4 is 0 Å². The molecule has 1 saturated heterocycles. The Hall–Kier alpha value is -0.468. The standard InChI is InChI=1S/C5H6O5.Pb/c6-3(5(9)10)1-2-4(7)8;/h1-2H2,(H,7,8)(H,9,10);/q;+2/p-2. The summed E-state index contributed by atoms with van der Waals surface area (Å²) in [5.41, 5.74) is 0. The predicted molar refractivity (Wildman–Crippen MR) is 32.2 cm³/mol. The van der Waals surface area contributed by atoms with E-state index in [0.717, 1.165) is 0 Å². The van der Waals surface area contributed by atoms with Gasteiger partial charge in [-0.2, -0.15) is 0 Å². The Morgan fingerprint density at radius 3 is 2.55 bits per heavy atom. The fraction of sp³-hybridized carbons (Fsp3) is 0.400. The zero-order valence-corrected chi connectivity index (χ0v) is 9.34. The van der Waals surface area contributed by atoms with Crippen LogP contribution in [0.4, 0.5) is 0 Å². The molecule has 0 bridgehead atoms. The van der Waals surface area contributed by atoms with Crippen molar-refractivity contribution in [2.45, 2.75) is 12.8 Å². The van der Waals surface area contributed by atoms with Crippen molar-refractivity contribution in [3.05, 3.63) is 0 Å². The summed E-state index contributed by atoms with van der Waals surface area (Å²) in [6, 6.07) is 0. The molecule has 0 atom stereocenters. The third kappa shape index (κ3) is 2.56. The maximum atomic E-state index is 10.7. The second-order valence-corrected chi connectivity index (χ2v) is 4.11. The molecule has 0 aromatic carbocycles. The van der Waals surface area contributed by atoms with Crippen LogP contribution in [0.3, 0.4) is 0 Å². The van der Waals surface area contributed by atoms with Crippen LogP contribution >= 0.6 is 0 Å². The Morgan fingerprint density at radius 2 is 1.82 bits per heavy atom. The number of hydrogen-bond acceptors (Lipinski definition) is 5. The van der Waals surface area contributed by atoms with Gasteiger partial charge in [0.25, 0.3) is 0 Å². The van der Waals surface area contributed by atoms with E-state index in [9.17, 15) is 14.4 Å². The minimum absolute atomic E-state index is 0.000926. The maximum absolute atomic E-state index is 10.7. The number of carbonyl (C=O) groups excluding carboxylic acids is 3. The van der Waals surface area contributed by atoms with E-state index >= 15 is 0 Å². The van der Waals surface area contributed by atoms with Gasteiger partial charge in [-0.25, -0.2) is 0 Å². The van der Waals surface area contributed by atoms with E-state index in [4.69, 9.17) is 0 Å². The molecule has 1 aliphatic heterocycles. The number of Topliss-reactive ketones (excluding diaryl/α,β-unsaturated/α-hetero) is 1. The van der Waals surface area contributed by atoms with Gasteiger partial charge in [-0.1, -0.05) is 0 Å². The average molecular weight is 351 g/mol. The molecule has 0 spiro atoms. The summed E-state index contributed by atoms with van der Waals surface area (Å²) < 4.78 is 8.99. The zero-order chi connectivity index (χ0) is 8.27. The third-order valence-corrected chi connectivity index (χ3v) is 3.33. The van der Waals surface area contributed by atoms with E-state index in [-0.39, 0.29) is 12.8 Å². The van der Waals surface area contributed by atoms with Crippen LogP contribution in [-0.2, 0) is 19.8 Å². The average Bonchev–Trinajstić information content (AvgIpc) is 1.98. The molecule has 0 aliphatic carbocycles. The minimum atomic E-state index is -2.05. The van der Waals surface area contributed by atoms with Crippen molar-refractivity contribution in [2.75, 3.05) is 0 Å². The first-order valence-electron chi connectivity index (χ1n) is 2.89. The third-order valence-electron chi connectivity index (χ3n) is 1.07. The van der Waals surface area contributed by atoms with Crippen LogP contribution in [0.1, 0.15) is 12.8 Å². The van der Waals surface area contributed by atoms with Gasteiger partial charge in [0.1, 0.15) is 0 Å². The second-order valence-electron chi connectivity index (χ2n) is 1.87. The van der Waals surface area contributed by atoms with E-state index in [1.807, 2.05) is 0 Å². The number of hydrogen-bond donors (Lipinski definition) is 0. The molecule has 11 heavy (non-hydrogen) atoms. The van der Waals surface area contributed by atoms with Crippen LogP contribution in [-0.4, -0.2) is 42.9 Å². The molecule has 0 aromatic rings. The first-order valence-corrected chi connectivity index (χ1v) is 6.06. The van der Waals surface area contributed by atoms with Crippen molar-refractivity contribution in [1.29, 1.82) is 0 Å². The van der Waals surface area contributed by atoms with Gasteiger partial charge >= 0.3 is 75.5 Å². The fourth-order valence-electron chi connectivity index (χ4n) is 0.531. The van der Waals surface area contributed by atoms with Crippen LogP contribution in [0.15, 0.2) is 0 Å². The molecule has 0 saturated carbocycles. The molecular formula is C5H4O5Pb.